The molecule has 0 bridgehead atoms. The number of rotatable bonds is 2. The summed E-state index contributed by atoms with van der Waals surface area (Å²) in [6.45, 7) is 2.10. The van der Waals surface area contributed by atoms with Gasteiger partial charge in [-0.25, -0.2) is 0 Å². The molecule has 1 aromatic heterocycles. The maximum absolute atomic E-state index is 3.88. The van der Waals surface area contributed by atoms with Crippen LogP contribution in [-0.4, -0.2) is 20.7 Å². The van der Waals surface area contributed by atoms with E-state index in [-0.39, 0.29) is 0 Å². The van der Waals surface area contributed by atoms with Gasteiger partial charge in [0, 0.05) is 7.05 Å². The van der Waals surface area contributed by atoms with E-state index in [1.54, 1.807) is 16.4 Å². The van der Waals surface area contributed by atoms with E-state index in [9.17, 15) is 0 Å². The van der Waals surface area contributed by atoms with E-state index < -0.39 is 0 Å². The van der Waals surface area contributed by atoms with Crippen molar-refractivity contribution >= 4 is 11.8 Å². The number of aryl methyl sites for hydroxylation is 1. The van der Waals surface area contributed by atoms with Crippen LogP contribution in [-0.2, 0) is 7.05 Å². The lowest BCUT2D eigenvalue weighted by atomic mass is 10.9. The zero-order valence-electron chi connectivity index (χ0n) is 5.53. The van der Waals surface area contributed by atoms with E-state index in [1.807, 2.05) is 13.2 Å². The topological polar surface area (TPSA) is 30.7 Å². The Balaban J connectivity index is 2.61. The summed E-state index contributed by atoms with van der Waals surface area (Å²) in [5, 5.41) is 8.66. The molecule has 0 radical (unpaired) electrons. The van der Waals surface area contributed by atoms with Gasteiger partial charge in [-0.15, -0.1) is 16.9 Å². The van der Waals surface area contributed by atoms with Crippen LogP contribution in [0, 0.1) is 0 Å². The second-order valence-corrected chi connectivity index (χ2v) is 2.95. The third kappa shape index (κ3) is 1.71. The van der Waals surface area contributed by atoms with Crippen LogP contribution in [0.5, 0.6) is 0 Å². The van der Waals surface area contributed by atoms with Gasteiger partial charge in [-0.2, -0.15) is 0 Å². The predicted octanol–water partition coefficient (Wildman–Crippen LogP) is 0.927. The van der Waals surface area contributed by atoms with E-state index in [2.05, 4.69) is 17.2 Å². The summed E-state index contributed by atoms with van der Waals surface area (Å²) in [5.41, 5.74) is 0. The van der Waals surface area contributed by atoms with Crippen molar-refractivity contribution in [2.45, 2.75) is 11.9 Å². The Morgan fingerprint density at radius 3 is 3.00 bits per heavy atom. The summed E-state index contributed by atoms with van der Waals surface area (Å²) < 4.78 is 1.71. The van der Waals surface area contributed by atoms with Gasteiger partial charge in [0.15, 0.2) is 0 Å². The van der Waals surface area contributed by atoms with E-state index in [0.717, 1.165) is 10.8 Å². The minimum Gasteiger partial charge on any atom is -0.254 e. The van der Waals surface area contributed by atoms with Crippen LogP contribution < -0.4 is 0 Å². The molecule has 0 saturated heterocycles. The Kier molecular flexibility index (Phi) is 2.10. The average Bonchev–Trinajstić information content (AvgIpc) is 2.17. The Morgan fingerprint density at radius 2 is 2.56 bits per heavy atom. The highest BCUT2D eigenvalue weighted by molar-refractivity contribution is 7.99. The highest BCUT2D eigenvalue weighted by Crippen LogP contribution is 2.11. The summed E-state index contributed by atoms with van der Waals surface area (Å²) >= 11 is 1.70. The second kappa shape index (κ2) is 2.87. The van der Waals surface area contributed by atoms with Crippen molar-refractivity contribution in [3.63, 3.8) is 0 Å². The van der Waals surface area contributed by atoms with Crippen LogP contribution >= 0.6 is 11.8 Å². The number of aromatic nitrogens is 3. The first-order valence-corrected chi connectivity index (χ1v) is 3.80. The largest absolute Gasteiger partial charge is 0.254 e. The van der Waals surface area contributed by atoms with Gasteiger partial charge in [0.2, 0.25) is 0 Å². The summed E-state index contributed by atoms with van der Waals surface area (Å²) in [5.74, 6) is 1.05. The van der Waals surface area contributed by atoms with Crippen LogP contribution in [0.1, 0.15) is 6.92 Å². The summed E-state index contributed by atoms with van der Waals surface area (Å²) in [4.78, 5) is 0. The molecule has 0 unspecified atom stereocenters. The van der Waals surface area contributed by atoms with E-state index in [0.29, 0.717) is 0 Å². The van der Waals surface area contributed by atoms with Gasteiger partial charge in [-0.05, 0) is 5.75 Å². The molecule has 0 amide bonds. The van der Waals surface area contributed by atoms with Crippen molar-refractivity contribution in [1.29, 1.82) is 0 Å². The third-order valence-corrected chi connectivity index (χ3v) is 1.65. The monoisotopic (exact) mass is 143 g/mol. The predicted molar refractivity (Wildman–Crippen MR) is 37.4 cm³/mol. The van der Waals surface area contributed by atoms with Gasteiger partial charge in [0.05, 0.1) is 6.20 Å². The number of hydrogen-bond donors (Lipinski definition) is 0. The first-order valence-electron chi connectivity index (χ1n) is 2.82. The van der Waals surface area contributed by atoms with Crippen LogP contribution in [0.3, 0.4) is 0 Å². The van der Waals surface area contributed by atoms with Crippen LogP contribution in [0.25, 0.3) is 0 Å². The quantitative estimate of drug-likeness (QED) is 0.577. The molecule has 9 heavy (non-hydrogen) atoms. The maximum Gasteiger partial charge on any atom is 0.138 e. The maximum atomic E-state index is 3.88. The molecule has 1 heterocycles. The van der Waals surface area contributed by atoms with Crippen molar-refractivity contribution in [3.8, 4) is 0 Å². The molecule has 0 fully saturated rings. The van der Waals surface area contributed by atoms with Gasteiger partial charge in [0.1, 0.15) is 5.03 Å². The van der Waals surface area contributed by atoms with Gasteiger partial charge in [-0.1, -0.05) is 12.1 Å². The van der Waals surface area contributed by atoms with Crippen molar-refractivity contribution in [2.75, 3.05) is 5.75 Å². The van der Waals surface area contributed by atoms with Crippen molar-refractivity contribution < 1.29 is 0 Å². The Bertz CT molecular complexity index is 184. The molecular formula is C5H9N3S. The minimum atomic E-state index is 1.00. The average molecular weight is 143 g/mol. The summed E-state index contributed by atoms with van der Waals surface area (Å²) in [6.07, 6.45) is 1.91. The molecule has 50 valence electrons. The standard InChI is InChI=1S/C5H9N3S/c1-3-9-5-4-8(2)7-6-5/h4H,3H2,1-2H3. The van der Waals surface area contributed by atoms with Crippen LogP contribution in [0.15, 0.2) is 11.2 Å². The van der Waals surface area contributed by atoms with Crippen LogP contribution in [0.2, 0.25) is 0 Å². The van der Waals surface area contributed by atoms with Gasteiger partial charge >= 0.3 is 0 Å². The molecule has 3 nitrogen and oxygen atoms in total. The van der Waals surface area contributed by atoms with Crippen molar-refractivity contribution in [1.82, 2.24) is 15.0 Å². The highest BCUT2D eigenvalue weighted by atomic mass is 32.2. The van der Waals surface area contributed by atoms with Gasteiger partial charge in [-0.3, -0.25) is 4.68 Å². The molecule has 1 rings (SSSR count). The molecule has 0 spiro atoms. The Hall–Kier alpha value is -0.510. The molecule has 1 aromatic rings. The van der Waals surface area contributed by atoms with E-state index in [4.69, 9.17) is 0 Å². The van der Waals surface area contributed by atoms with Gasteiger partial charge < -0.3 is 0 Å². The van der Waals surface area contributed by atoms with E-state index in [1.165, 1.54) is 0 Å². The fourth-order valence-electron chi connectivity index (χ4n) is 0.540. The van der Waals surface area contributed by atoms with E-state index >= 15 is 0 Å². The lowest BCUT2D eigenvalue weighted by Crippen LogP contribution is -1.85. The zero-order chi connectivity index (χ0) is 6.69. The third-order valence-electron chi connectivity index (χ3n) is 0.874. The molecule has 0 atom stereocenters. The molecule has 0 N–H and O–H groups in total. The normalized spacial score (nSPS) is 10.0. The fourth-order valence-corrected chi connectivity index (χ4v) is 1.16. The summed E-state index contributed by atoms with van der Waals surface area (Å²) in [7, 11) is 1.87. The Labute approximate surface area is 58.4 Å². The molecule has 0 aliphatic carbocycles. The van der Waals surface area contributed by atoms with Gasteiger partial charge in [0.25, 0.3) is 0 Å². The van der Waals surface area contributed by atoms with Crippen molar-refractivity contribution in [2.24, 2.45) is 7.05 Å². The summed E-state index contributed by atoms with van der Waals surface area (Å²) in [6, 6.07) is 0. The zero-order valence-corrected chi connectivity index (χ0v) is 6.35. The lowest BCUT2D eigenvalue weighted by Gasteiger charge is -1.84. The number of hydrogen-bond acceptors (Lipinski definition) is 3. The highest BCUT2D eigenvalue weighted by Gasteiger charge is 1.93. The first kappa shape index (κ1) is 6.61. The molecule has 0 aliphatic rings. The van der Waals surface area contributed by atoms with Crippen molar-refractivity contribution in [3.05, 3.63) is 6.20 Å². The lowest BCUT2D eigenvalue weighted by molar-refractivity contribution is 0.712. The second-order valence-electron chi connectivity index (χ2n) is 1.66. The molecule has 0 aliphatic heterocycles. The SMILES string of the molecule is CCSc1cn(C)nn1. The minimum absolute atomic E-state index is 1.00. The number of nitrogens with zero attached hydrogens (tertiary/aromatic N) is 3. The Morgan fingerprint density at radius 1 is 1.78 bits per heavy atom. The first-order chi connectivity index (χ1) is 4.33. The molecule has 0 aromatic carbocycles. The molecular weight excluding hydrogens is 134 g/mol. The molecule has 4 heteroatoms. The smallest absolute Gasteiger partial charge is 0.138 e. The molecule has 0 saturated carbocycles. The van der Waals surface area contributed by atoms with Crippen LogP contribution in [0.4, 0.5) is 0 Å². The fraction of sp³-hybridized carbons (Fsp3) is 0.600. The number of thioether (sulfide) groups is 1.